The van der Waals surface area contributed by atoms with E-state index in [-0.39, 0.29) is 11.9 Å². The van der Waals surface area contributed by atoms with Crippen LogP contribution in [-0.2, 0) is 4.79 Å². The fourth-order valence-electron chi connectivity index (χ4n) is 2.31. The summed E-state index contributed by atoms with van der Waals surface area (Å²) < 4.78 is 1.07. The van der Waals surface area contributed by atoms with Gasteiger partial charge < -0.3 is 0 Å². The molecule has 1 saturated carbocycles. The molecular weight excluding hydrogens is 282 g/mol. The molecule has 0 saturated heterocycles. The zero-order valence-corrected chi connectivity index (χ0v) is 11.5. The van der Waals surface area contributed by atoms with Crippen LogP contribution in [0.25, 0.3) is 0 Å². The van der Waals surface area contributed by atoms with Crippen LogP contribution in [0.3, 0.4) is 0 Å². The zero-order valence-electron chi connectivity index (χ0n) is 9.93. The van der Waals surface area contributed by atoms with Crippen molar-refractivity contribution in [3.05, 3.63) is 34.3 Å². The van der Waals surface area contributed by atoms with Crippen molar-refractivity contribution in [2.24, 2.45) is 5.92 Å². The fourth-order valence-corrected chi connectivity index (χ4v) is 2.57. The lowest BCUT2D eigenvalue weighted by Crippen LogP contribution is -2.35. The van der Waals surface area contributed by atoms with Gasteiger partial charge in [-0.3, -0.25) is 10.0 Å². The van der Waals surface area contributed by atoms with E-state index in [4.69, 9.17) is 0 Å². The molecule has 1 aliphatic rings. The van der Waals surface area contributed by atoms with Crippen LogP contribution in [0.4, 0.5) is 0 Å². The van der Waals surface area contributed by atoms with Crippen molar-refractivity contribution in [1.29, 1.82) is 0 Å². The summed E-state index contributed by atoms with van der Waals surface area (Å²) >= 11 is 3.41. The third kappa shape index (κ3) is 2.69. The highest BCUT2D eigenvalue weighted by atomic mass is 79.9. The molecule has 2 rings (SSSR count). The quantitative estimate of drug-likeness (QED) is 0.688. The zero-order chi connectivity index (χ0) is 12.6. The lowest BCUT2D eigenvalue weighted by molar-refractivity contribution is -0.173. The molecule has 0 radical (unpaired) electrons. The van der Waals surface area contributed by atoms with E-state index in [1.165, 1.54) is 12.5 Å². The number of hydrogen-bond donors (Lipinski definition) is 1. The first-order chi connectivity index (χ1) is 8.00. The number of amides is 1. The summed E-state index contributed by atoms with van der Waals surface area (Å²) in [6, 6.07) is 8.13. The number of hydroxylamine groups is 2. The van der Waals surface area contributed by atoms with E-state index in [0.29, 0.717) is 11.8 Å². The Morgan fingerprint density at radius 1 is 1.47 bits per heavy atom. The van der Waals surface area contributed by atoms with Gasteiger partial charge >= 0.3 is 0 Å². The number of rotatable bonds is 3. The van der Waals surface area contributed by atoms with E-state index in [1.54, 1.807) is 0 Å². The molecule has 3 nitrogen and oxygen atoms in total. The highest BCUT2D eigenvalue weighted by Crippen LogP contribution is 2.50. The molecule has 3 atom stereocenters. The Balaban J connectivity index is 2.00. The summed E-state index contributed by atoms with van der Waals surface area (Å²) in [4.78, 5) is 11.1. The summed E-state index contributed by atoms with van der Waals surface area (Å²) in [6.45, 7) is 3.28. The lowest BCUT2D eigenvalue weighted by Gasteiger charge is -2.21. The molecule has 4 heteroatoms. The predicted molar refractivity (Wildman–Crippen MR) is 68.8 cm³/mol. The third-order valence-corrected chi connectivity index (χ3v) is 3.99. The van der Waals surface area contributed by atoms with Crippen LogP contribution in [0.2, 0.25) is 0 Å². The number of carbonyl (C=O) groups excluding carboxylic acids is 1. The topological polar surface area (TPSA) is 40.5 Å². The van der Waals surface area contributed by atoms with Gasteiger partial charge in [0.05, 0.1) is 6.04 Å². The monoisotopic (exact) mass is 297 g/mol. The number of benzene rings is 1. The van der Waals surface area contributed by atoms with Crippen molar-refractivity contribution in [3.8, 4) is 0 Å². The van der Waals surface area contributed by atoms with Gasteiger partial charge in [-0.05, 0) is 42.9 Å². The Labute approximate surface area is 110 Å². The summed E-state index contributed by atoms with van der Waals surface area (Å²) in [7, 11) is 0. The van der Waals surface area contributed by atoms with Gasteiger partial charge in [-0.2, -0.15) is 0 Å². The van der Waals surface area contributed by atoms with Crippen molar-refractivity contribution >= 4 is 21.8 Å². The molecule has 1 fully saturated rings. The number of hydrogen-bond acceptors (Lipinski definition) is 2. The first-order valence-corrected chi connectivity index (χ1v) is 6.54. The van der Waals surface area contributed by atoms with Crippen LogP contribution in [0.15, 0.2) is 28.7 Å². The molecule has 0 aromatic heterocycles. The van der Waals surface area contributed by atoms with Gasteiger partial charge in [-0.25, -0.2) is 5.06 Å². The summed E-state index contributed by atoms with van der Waals surface area (Å²) in [5.41, 5.74) is 1.28. The van der Waals surface area contributed by atoms with Crippen molar-refractivity contribution in [2.75, 3.05) is 0 Å². The van der Waals surface area contributed by atoms with E-state index < -0.39 is 0 Å². The largest absolute Gasteiger partial charge is 0.286 e. The maximum atomic E-state index is 11.1. The average molecular weight is 298 g/mol. The molecule has 0 bridgehead atoms. The van der Waals surface area contributed by atoms with Gasteiger partial charge in [0.15, 0.2) is 0 Å². The standard InChI is InChI=1S/C13H16BrNO2/c1-8(15(17)9(2)16)12-7-13(12)10-3-5-11(14)6-4-10/h3-6,8,12-13,17H,7H2,1-2H3. The first-order valence-electron chi connectivity index (χ1n) is 5.75. The second kappa shape index (κ2) is 4.78. The summed E-state index contributed by atoms with van der Waals surface area (Å²) in [5, 5.41) is 10.4. The average Bonchev–Trinajstić information content (AvgIpc) is 3.08. The Kier molecular flexibility index (Phi) is 3.54. The van der Waals surface area contributed by atoms with E-state index in [2.05, 4.69) is 28.1 Å². The fraction of sp³-hybridized carbons (Fsp3) is 0.462. The second-order valence-corrected chi connectivity index (χ2v) is 5.58. The smallest absolute Gasteiger partial charge is 0.243 e. The van der Waals surface area contributed by atoms with Crippen molar-refractivity contribution in [3.63, 3.8) is 0 Å². The summed E-state index contributed by atoms with van der Waals surface area (Å²) in [5.74, 6) is 0.538. The van der Waals surface area contributed by atoms with E-state index in [1.807, 2.05) is 19.1 Å². The van der Waals surface area contributed by atoms with Crippen LogP contribution in [-0.4, -0.2) is 22.2 Å². The molecule has 1 N–H and O–H groups in total. The number of halogens is 1. The molecule has 1 aromatic rings. The van der Waals surface area contributed by atoms with E-state index in [0.717, 1.165) is 16.0 Å². The highest BCUT2D eigenvalue weighted by molar-refractivity contribution is 9.10. The molecule has 92 valence electrons. The second-order valence-electron chi connectivity index (χ2n) is 4.66. The summed E-state index contributed by atoms with van der Waals surface area (Å²) in [6.07, 6.45) is 1.03. The van der Waals surface area contributed by atoms with Gasteiger partial charge in [-0.1, -0.05) is 28.1 Å². The van der Waals surface area contributed by atoms with Crippen LogP contribution < -0.4 is 0 Å². The molecule has 0 spiro atoms. The van der Waals surface area contributed by atoms with Crippen molar-refractivity contribution < 1.29 is 10.0 Å². The van der Waals surface area contributed by atoms with E-state index in [9.17, 15) is 10.0 Å². The minimum atomic E-state index is -0.293. The Bertz CT molecular complexity index is 418. The normalized spacial score (nSPS) is 24.2. The predicted octanol–water partition coefficient (Wildman–Crippen LogP) is 3.18. The van der Waals surface area contributed by atoms with Crippen LogP contribution in [0.5, 0.6) is 0 Å². The van der Waals surface area contributed by atoms with Gasteiger partial charge in [0.2, 0.25) is 5.91 Å². The Morgan fingerprint density at radius 2 is 2.06 bits per heavy atom. The molecule has 1 aliphatic carbocycles. The number of nitrogens with zero attached hydrogens (tertiary/aromatic N) is 1. The van der Waals surface area contributed by atoms with Crippen LogP contribution in [0.1, 0.15) is 31.7 Å². The van der Waals surface area contributed by atoms with Crippen molar-refractivity contribution in [2.45, 2.75) is 32.2 Å². The maximum absolute atomic E-state index is 11.1. The maximum Gasteiger partial charge on any atom is 0.243 e. The van der Waals surface area contributed by atoms with Crippen LogP contribution >= 0.6 is 15.9 Å². The first kappa shape index (κ1) is 12.6. The molecule has 17 heavy (non-hydrogen) atoms. The highest BCUT2D eigenvalue weighted by Gasteiger charge is 2.44. The number of carbonyl (C=O) groups is 1. The Morgan fingerprint density at radius 3 is 2.59 bits per heavy atom. The van der Waals surface area contributed by atoms with Gasteiger partial charge in [0, 0.05) is 11.4 Å². The Hall–Kier alpha value is -0.870. The van der Waals surface area contributed by atoms with Gasteiger partial charge in [0.1, 0.15) is 0 Å². The molecule has 0 heterocycles. The molecular formula is C13H16BrNO2. The van der Waals surface area contributed by atoms with E-state index >= 15 is 0 Å². The molecule has 1 aromatic carbocycles. The minimum absolute atomic E-state index is 0.110. The van der Waals surface area contributed by atoms with Gasteiger partial charge in [0.25, 0.3) is 0 Å². The molecule has 1 amide bonds. The molecule has 3 unspecified atom stereocenters. The van der Waals surface area contributed by atoms with Crippen molar-refractivity contribution in [1.82, 2.24) is 5.06 Å². The van der Waals surface area contributed by atoms with Crippen LogP contribution in [0, 0.1) is 5.92 Å². The third-order valence-electron chi connectivity index (χ3n) is 3.47. The van der Waals surface area contributed by atoms with Gasteiger partial charge in [-0.15, -0.1) is 0 Å². The SMILES string of the molecule is CC(=O)N(O)C(C)C1CC1c1ccc(Br)cc1. The lowest BCUT2D eigenvalue weighted by atomic mass is 10.1. The molecule has 0 aliphatic heterocycles. The minimum Gasteiger partial charge on any atom is -0.286 e.